The average Bonchev–Trinajstić information content (AvgIpc) is 3.25. The summed E-state index contributed by atoms with van der Waals surface area (Å²) in [6, 6.07) is 14.4. The number of hydrogen-bond donors (Lipinski definition) is 0. The molecule has 2 unspecified atom stereocenters. The Bertz CT molecular complexity index is 1560. The summed E-state index contributed by atoms with van der Waals surface area (Å²) < 4.78 is 49.5. The number of sulfone groups is 1. The minimum Gasteiger partial charge on any atom is -0.454 e. The number of likely N-dealkylation sites (tertiary alicyclic amines) is 1. The molecule has 7 nitrogen and oxygen atoms in total. The number of halogens is 1. The lowest BCUT2D eigenvalue weighted by Gasteiger charge is -2.54. The van der Waals surface area contributed by atoms with E-state index in [1.54, 1.807) is 47.5 Å². The maximum atomic E-state index is 14.6. The number of benzene rings is 2. The number of morpholine rings is 1. The van der Waals surface area contributed by atoms with Gasteiger partial charge >= 0.3 is 0 Å². The monoisotopic (exact) mass is 478 g/mol. The third-order valence-electron chi connectivity index (χ3n) is 6.43. The van der Waals surface area contributed by atoms with Crippen LogP contribution in [-0.2, 0) is 14.6 Å². The molecule has 9 heteroatoms. The second-order valence-electron chi connectivity index (χ2n) is 8.57. The molecular formula is C25H19FN2O5S. The lowest BCUT2D eigenvalue weighted by Crippen LogP contribution is -2.71. The molecule has 172 valence electrons. The number of pyridine rings is 1. The summed E-state index contributed by atoms with van der Waals surface area (Å²) in [6.45, 7) is 0.968. The Morgan fingerprint density at radius 2 is 1.85 bits per heavy atom. The van der Waals surface area contributed by atoms with Crippen LogP contribution in [0.3, 0.4) is 0 Å². The molecule has 2 atom stereocenters. The fourth-order valence-corrected chi connectivity index (χ4v) is 5.02. The minimum absolute atomic E-state index is 0.0101. The molecule has 0 bridgehead atoms. The molecule has 0 N–H and O–H groups in total. The summed E-state index contributed by atoms with van der Waals surface area (Å²) in [7, 11) is -3.30. The molecule has 2 saturated heterocycles. The third kappa shape index (κ3) is 3.31. The van der Waals surface area contributed by atoms with Crippen molar-refractivity contribution in [2.75, 3.05) is 19.4 Å². The van der Waals surface area contributed by atoms with Crippen LogP contribution in [0.1, 0.15) is 10.4 Å². The van der Waals surface area contributed by atoms with Gasteiger partial charge < -0.3 is 14.1 Å². The second kappa shape index (κ2) is 7.48. The lowest BCUT2D eigenvalue weighted by molar-refractivity contribution is -0.195. The second-order valence-corrected chi connectivity index (χ2v) is 10.6. The van der Waals surface area contributed by atoms with Gasteiger partial charge in [-0.15, -0.1) is 0 Å². The molecule has 34 heavy (non-hydrogen) atoms. The predicted molar refractivity (Wildman–Crippen MR) is 123 cm³/mol. The van der Waals surface area contributed by atoms with Crippen molar-refractivity contribution in [1.29, 1.82) is 0 Å². The lowest BCUT2D eigenvalue weighted by atomic mass is 9.93. The Labute approximate surface area is 194 Å². The zero-order valence-electron chi connectivity index (χ0n) is 18.1. The molecule has 2 aromatic heterocycles. The van der Waals surface area contributed by atoms with Gasteiger partial charge in [-0.2, -0.15) is 0 Å². The van der Waals surface area contributed by atoms with Gasteiger partial charge in [0.05, 0.1) is 29.2 Å². The Balaban J connectivity index is 1.38. The van der Waals surface area contributed by atoms with Gasteiger partial charge in [-0.3, -0.25) is 9.78 Å². The van der Waals surface area contributed by atoms with E-state index in [9.17, 15) is 17.6 Å². The van der Waals surface area contributed by atoms with E-state index in [2.05, 4.69) is 4.98 Å². The first kappa shape index (κ1) is 21.0. The van der Waals surface area contributed by atoms with Crippen LogP contribution >= 0.6 is 0 Å². The summed E-state index contributed by atoms with van der Waals surface area (Å²) in [6.07, 6.45) is 2.85. The molecule has 2 aromatic carbocycles. The number of carbonyl (C=O) groups excluding carboxylic acids is 1. The van der Waals surface area contributed by atoms with E-state index in [1.165, 1.54) is 18.2 Å². The van der Waals surface area contributed by atoms with Gasteiger partial charge in [0.25, 0.3) is 5.91 Å². The third-order valence-corrected chi connectivity index (χ3v) is 7.56. The number of fused-ring (bicyclic) bond motifs is 2. The van der Waals surface area contributed by atoms with Crippen molar-refractivity contribution >= 4 is 26.8 Å². The van der Waals surface area contributed by atoms with E-state index in [1.807, 2.05) is 0 Å². The van der Waals surface area contributed by atoms with Crippen LogP contribution < -0.4 is 0 Å². The molecule has 0 radical (unpaired) electrons. The molecule has 0 spiro atoms. The van der Waals surface area contributed by atoms with Gasteiger partial charge in [0.15, 0.2) is 15.4 Å². The zero-order chi connectivity index (χ0) is 23.6. The van der Waals surface area contributed by atoms with Crippen LogP contribution in [0.5, 0.6) is 0 Å². The number of furan rings is 1. The summed E-state index contributed by atoms with van der Waals surface area (Å²) in [5, 5.41) is 0. The first-order chi connectivity index (χ1) is 16.3. The summed E-state index contributed by atoms with van der Waals surface area (Å²) >= 11 is 0. The number of hydrogen-bond acceptors (Lipinski definition) is 6. The minimum atomic E-state index is -3.30. The first-order valence-corrected chi connectivity index (χ1v) is 12.6. The summed E-state index contributed by atoms with van der Waals surface area (Å²) in [5.74, 6) is -0.404. The number of nitrogens with zero attached hydrogens (tertiary/aromatic N) is 2. The van der Waals surface area contributed by atoms with Gasteiger partial charge in [0.1, 0.15) is 17.1 Å². The Morgan fingerprint density at radius 1 is 1.09 bits per heavy atom. The topological polar surface area (TPSA) is 89.7 Å². The van der Waals surface area contributed by atoms with Crippen molar-refractivity contribution < 1.29 is 26.8 Å². The maximum absolute atomic E-state index is 14.6. The van der Waals surface area contributed by atoms with E-state index in [0.717, 1.165) is 6.26 Å². The Hall–Kier alpha value is -3.56. The molecule has 4 aromatic rings. The van der Waals surface area contributed by atoms with E-state index in [0.29, 0.717) is 46.7 Å². The van der Waals surface area contributed by atoms with Gasteiger partial charge in [0, 0.05) is 36.2 Å². The fourth-order valence-electron chi connectivity index (χ4n) is 4.39. The summed E-state index contributed by atoms with van der Waals surface area (Å²) in [4.78, 5) is 19.2. The van der Waals surface area contributed by atoms with Crippen LogP contribution in [0.2, 0.25) is 0 Å². The number of aromatic nitrogens is 1. The number of rotatable bonds is 4. The highest BCUT2D eigenvalue weighted by atomic mass is 32.2. The van der Waals surface area contributed by atoms with Crippen LogP contribution in [0.15, 0.2) is 70.1 Å². The van der Waals surface area contributed by atoms with Crippen LogP contribution in [0.4, 0.5) is 4.39 Å². The maximum Gasteiger partial charge on any atom is 0.257 e. The van der Waals surface area contributed by atoms with Gasteiger partial charge in [-0.1, -0.05) is 6.07 Å². The number of amides is 1. The summed E-state index contributed by atoms with van der Waals surface area (Å²) in [5.41, 5.74) is 3.09. The molecular weight excluding hydrogens is 459 g/mol. The molecule has 6 rings (SSSR count). The van der Waals surface area contributed by atoms with Crippen molar-refractivity contribution in [3.63, 3.8) is 0 Å². The van der Waals surface area contributed by atoms with Crippen LogP contribution in [0, 0.1) is 5.82 Å². The molecule has 0 saturated carbocycles. The van der Waals surface area contributed by atoms with Crippen LogP contribution in [0.25, 0.3) is 33.6 Å². The molecule has 2 fully saturated rings. The molecule has 1 amide bonds. The van der Waals surface area contributed by atoms with Crippen molar-refractivity contribution in [3.8, 4) is 22.5 Å². The Kier molecular flexibility index (Phi) is 4.62. The van der Waals surface area contributed by atoms with E-state index in [4.69, 9.17) is 9.15 Å². The number of ether oxygens (including phenoxy) is 1. The van der Waals surface area contributed by atoms with E-state index < -0.39 is 15.7 Å². The van der Waals surface area contributed by atoms with Crippen molar-refractivity contribution in [2.24, 2.45) is 0 Å². The van der Waals surface area contributed by atoms with Crippen molar-refractivity contribution in [3.05, 3.63) is 72.2 Å². The average molecular weight is 479 g/mol. The van der Waals surface area contributed by atoms with Gasteiger partial charge in [-0.05, 0) is 48.0 Å². The van der Waals surface area contributed by atoms with Crippen molar-refractivity contribution in [2.45, 2.75) is 17.0 Å². The standard InChI is InChI=1S/C25H19FN2O5S/c1-34(30,31)16-5-2-14(3-6-16)22-11-20-24(33-22)17(8-9-27-20)15-4-7-19(26)18(10-15)25(29)28-12-23-21(28)13-32-23/h2-11,21,23H,12-13H2,1H3. The molecule has 2 aliphatic heterocycles. The predicted octanol–water partition coefficient (Wildman–Crippen LogP) is 3.93. The van der Waals surface area contributed by atoms with E-state index in [-0.39, 0.29) is 28.5 Å². The van der Waals surface area contributed by atoms with Crippen LogP contribution in [-0.4, -0.2) is 55.8 Å². The zero-order valence-corrected chi connectivity index (χ0v) is 18.9. The Morgan fingerprint density at radius 3 is 2.50 bits per heavy atom. The van der Waals surface area contributed by atoms with Gasteiger partial charge in [-0.25, -0.2) is 12.8 Å². The SMILES string of the molecule is CS(=O)(=O)c1ccc(-c2cc3nccc(-c4ccc(F)c(C(=O)N5CC6OCC65)c4)c3o2)cc1. The van der Waals surface area contributed by atoms with Crippen molar-refractivity contribution in [1.82, 2.24) is 9.88 Å². The highest BCUT2D eigenvalue weighted by Crippen LogP contribution is 2.36. The quantitative estimate of drug-likeness (QED) is 0.442. The fraction of sp³-hybridized carbons (Fsp3) is 0.200. The molecule has 2 aliphatic rings. The molecule has 0 aliphatic carbocycles. The highest BCUT2D eigenvalue weighted by Gasteiger charge is 2.50. The largest absolute Gasteiger partial charge is 0.454 e. The highest BCUT2D eigenvalue weighted by molar-refractivity contribution is 7.90. The normalized spacial score (nSPS) is 19.4. The van der Waals surface area contributed by atoms with E-state index >= 15 is 0 Å². The number of carbonyl (C=O) groups is 1. The molecule has 4 heterocycles. The smallest absolute Gasteiger partial charge is 0.257 e. The van der Waals surface area contributed by atoms with Gasteiger partial charge in [0.2, 0.25) is 0 Å². The first-order valence-electron chi connectivity index (χ1n) is 10.7.